The lowest BCUT2D eigenvalue weighted by Crippen LogP contribution is -2.42. The van der Waals surface area contributed by atoms with Gasteiger partial charge in [-0.15, -0.1) is 0 Å². The summed E-state index contributed by atoms with van der Waals surface area (Å²) < 4.78 is 12.0. The number of hydrogen-bond acceptors (Lipinski definition) is 6. The number of benzene rings is 3. The molecule has 0 atom stereocenters. The molecule has 0 bridgehead atoms. The van der Waals surface area contributed by atoms with E-state index in [4.69, 9.17) is 9.47 Å². The number of nitrogens with one attached hydrogen (secondary N) is 1. The summed E-state index contributed by atoms with van der Waals surface area (Å²) in [4.78, 5) is 46.4. The van der Waals surface area contributed by atoms with Crippen molar-refractivity contribution < 1.29 is 23.9 Å². The van der Waals surface area contributed by atoms with Gasteiger partial charge >= 0.3 is 0 Å². The highest BCUT2D eigenvalue weighted by atomic mass is 127. The number of halogens is 1. The topological polar surface area (TPSA) is 97.3 Å². The minimum absolute atomic E-state index is 0.0884. The van der Waals surface area contributed by atoms with Crippen LogP contribution in [-0.2, 0) is 14.4 Å². The van der Waals surface area contributed by atoms with E-state index in [0.717, 1.165) is 26.5 Å². The Hall–Kier alpha value is -4.68. The zero-order valence-electron chi connectivity index (χ0n) is 26.0. The molecule has 0 radical (unpaired) electrons. The van der Waals surface area contributed by atoms with E-state index in [1.165, 1.54) is 18.1 Å². The fraction of sp³-hybridized carbons (Fsp3) is 0.135. The molecule has 4 rings (SSSR count). The molecule has 1 aliphatic heterocycles. The molecule has 10 heteroatoms. The van der Waals surface area contributed by atoms with E-state index in [-0.39, 0.29) is 35.0 Å². The van der Waals surface area contributed by atoms with Crippen LogP contribution in [0.1, 0.15) is 29.7 Å². The number of rotatable bonds is 13. The molecule has 47 heavy (non-hydrogen) atoms. The van der Waals surface area contributed by atoms with Gasteiger partial charge in [0.05, 0.1) is 22.5 Å². The number of allylic oxidation sites excluding steroid dienone is 4. The van der Waals surface area contributed by atoms with Gasteiger partial charge in [0.25, 0.3) is 11.8 Å². The maximum absolute atomic E-state index is 14.0. The molecule has 1 N–H and O–H groups in total. The Labute approximate surface area is 292 Å². The predicted octanol–water partition coefficient (Wildman–Crippen LogP) is 7.26. The van der Waals surface area contributed by atoms with Crippen molar-refractivity contribution in [3.63, 3.8) is 0 Å². The van der Waals surface area contributed by atoms with Crippen LogP contribution in [0.25, 0.3) is 6.08 Å². The van der Waals surface area contributed by atoms with Gasteiger partial charge in [-0.1, -0.05) is 110 Å². The Kier molecular flexibility index (Phi) is 12.9. The number of carbonyl (C=O) groups excluding carboxylic acids is 3. The summed E-state index contributed by atoms with van der Waals surface area (Å²) in [6.07, 6.45) is 9.77. The number of methoxy groups -OCH3 is 1. The van der Waals surface area contributed by atoms with Crippen LogP contribution in [0, 0.1) is 3.57 Å². The number of amidine groups is 1. The van der Waals surface area contributed by atoms with E-state index in [1.54, 1.807) is 49.4 Å². The van der Waals surface area contributed by atoms with Gasteiger partial charge in [0.15, 0.2) is 16.7 Å². The van der Waals surface area contributed by atoms with Crippen LogP contribution in [0.3, 0.4) is 0 Å². The highest BCUT2D eigenvalue weighted by Crippen LogP contribution is 2.35. The lowest BCUT2D eigenvalue weighted by molar-refractivity contribution is -0.126. The van der Waals surface area contributed by atoms with Crippen molar-refractivity contribution in [3.8, 4) is 11.5 Å². The maximum Gasteiger partial charge on any atom is 0.285 e. The molecule has 240 valence electrons. The fourth-order valence-electron chi connectivity index (χ4n) is 4.67. The highest BCUT2D eigenvalue weighted by molar-refractivity contribution is 14.1. The zero-order chi connectivity index (χ0) is 33.8. The standard InChI is InChI=1S/C37H34IN3O5S/c1-5-8-19-28(7-3)41-36(44)29(21-25-22-30(38)34(46-20-6-2)31(23-25)45-4)35(43)40-37(41)47-24-32(42)39-33(26-15-11-9-12-16-26)27-17-13-10-14-18-27/h5-19,21-23,33H,1-2,20,24H2,3-4H3,(H,39,42)/b19-8-,28-7+,29-21-. The molecule has 0 aliphatic carbocycles. The fourth-order valence-corrected chi connectivity index (χ4v) is 6.25. The molecule has 0 aromatic heterocycles. The van der Waals surface area contributed by atoms with Crippen molar-refractivity contribution in [2.45, 2.75) is 13.0 Å². The van der Waals surface area contributed by atoms with Crippen molar-refractivity contribution in [1.82, 2.24) is 10.2 Å². The minimum atomic E-state index is -0.718. The van der Waals surface area contributed by atoms with Gasteiger partial charge in [0.2, 0.25) is 5.91 Å². The molecule has 8 nitrogen and oxygen atoms in total. The van der Waals surface area contributed by atoms with Crippen LogP contribution in [0.2, 0.25) is 0 Å². The average Bonchev–Trinajstić information content (AvgIpc) is 3.09. The number of aliphatic imine (C=N–C) groups is 1. The average molecular weight is 760 g/mol. The summed E-state index contributed by atoms with van der Waals surface area (Å²) >= 11 is 3.11. The zero-order valence-corrected chi connectivity index (χ0v) is 29.0. The van der Waals surface area contributed by atoms with E-state index in [2.05, 4.69) is 46.1 Å². The van der Waals surface area contributed by atoms with Crippen molar-refractivity contribution in [1.29, 1.82) is 0 Å². The van der Waals surface area contributed by atoms with Crippen molar-refractivity contribution in [3.05, 3.63) is 148 Å². The van der Waals surface area contributed by atoms with Gasteiger partial charge in [-0.3, -0.25) is 19.3 Å². The first-order valence-corrected chi connectivity index (χ1v) is 16.7. The van der Waals surface area contributed by atoms with Crippen molar-refractivity contribution in [2.75, 3.05) is 19.5 Å². The summed E-state index contributed by atoms with van der Waals surface area (Å²) in [5.41, 5.74) is 2.72. The molecule has 0 spiro atoms. The van der Waals surface area contributed by atoms with E-state index >= 15 is 0 Å². The van der Waals surface area contributed by atoms with E-state index in [0.29, 0.717) is 22.8 Å². The monoisotopic (exact) mass is 759 g/mol. The molecule has 0 fully saturated rings. The third kappa shape index (κ3) is 8.99. The lowest BCUT2D eigenvalue weighted by Gasteiger charge is -2.28. The summed E-state index contributed by atoms with van der Waals surface area (Å²) in [5.74, 6) is -0.709. The van der Waals surface area contributed by atoms with Crippen LogP contribution in [-0.4, -0.2) is 47.3 Å². The third-order valence-corrected chi connectivity index (χ3v) is 8.56. The second-order valence-electron chi connectivity index (χ2n) is 9.95. The van der Waals surface area contributed by atoms with Gasteiger partial charge in [0, 0.05) is 5.70 Å². The maximum atomic E-state index is 14.0. The van der Waals surface area contributed by atoms with E-state index in [9.17, 15) is 14.4 Å². The molecule has 3 aromatic rings. The first-order chi connectivity index (χ1) is 22.8. The number of hydrogen-bond donors (Lipinski definition) is 1. The van der Waals surface area contributed by atoms with Crippen LogP contribution in [0.15, 0.2) is 133 Å². The Morgan fingerprint density at radius 1 is 1.06 bits per heavy atom. The van der Waals surface area contributed by atoms with E-state index < -0.39 is 11.8 Å². The Morgan fingerprint density at radius 2 is 1.72 bits per heavy atom. The molecular weight excluding hydrogens is 725 g/mol. The van der Waals surface area contributed by atoms with Gasteiger partial charge in [-0.2, -0.15) is 4.99 Å². The number of thioether (sulfide) groups is 1. The lowest BCUT2D eigenvalue weighted by atomic mass is 9.99. The van der Waals surface area contributed by atoms with Crippen LogP contribution in [0.4, 0.5) is 0 Å². The molecule has 1 aliphatic rings. The summed E-state index contributed by atoms with van der Waals surface area (Å²) in [6.45, 7) is 9.45. The number of carbonyl (C=O) groups is 3. The molecular formula is C37H34IN3O5S. The number of ether oxygens (including phenoxy) is 2. The molecule has 0 saturated heterocycles. The quantitative estimate of drug-likeness (QED) is 0.0649. The molecule has 0 saturated carbocycles. The predicted molar refractivity (Wildman–Crippen MR) is 197 cm³/mol. The Balaban J connectivity index is 1.64. The molecule has 0 unspecified atom stereocenters. The van der Waals surface area contributed by atoms with Crippen LogP contribution >= 0.6 is 34.4 Å². The van der Waals surface area contributed by atoms with Crippen LogP contribution < -0.4 is 14.8 Å². The largest absolute Gasteiger partial charge is 0.493 e. The molecule has 1 heterocycles. The smallest absolute Gasteiger partial charge is 0.285 e. The minimum Gasteiger partial charge on any atom is -0.493 e. The number of nitrogens with zero attached hydrogens (tertiary/aromatic N) is 2. The van der Waals surface area contributed by atoms with Gasteiger partial charge in [0.1, 0.15) is 12.2 Å². The SMILES string of the molecule is C=C/C=C\C(=C/C)N1C(=O)/C(=C\c2cc(I)c(OCC=C)c(OC)c2)C(=O)N=C1SCC(=O)NC(c1ccccc1)c1ccccc1. The second kappa shape index (κ2) is 17.3. The summed E-state index contributed by atoms with van der Waals surface area (Å²) in [7, 11) is 1.51. The first kappa shape index (κ1) is 35.2. The summed E-state index contributed by atoms with van der Waals surface area (Å²) in [6, 6.07) is 22.4. The first-order valence-electron chi connectivity index (χ1n) is 14.6. The normalized spacial score (nSPS) is 14.4. The van der Waals surface area contributed by atoms with Crippen molar-refractivity contribution >= 4 is 63.3 Å². The highest BCUT2D eigenvalue weighted by Gasteiger charge is 2.35. The van der Waals surface area contributed by atoms with Gasteiger partial charge < -0.3 is 14.8 Å². The van der Waals surface area contributed by atoms with Gasteiger partial charge in [-0.25, -0.2) is 0 Å². The Bertz CT molecular complexity index is 1730. The molecule has 3 aromatic carbocycles. The summed E-state index contributed by atoms with van der Waals surface area (Å²) in [5, 5.41) is 3.18. The van der Waals surface area contributed by atoms with E-state index in [1.807, 2.05) is 60.7 Å². The Morgan fingerprint density at radius 3 is 2.30 bits per heavy atom. The van der Waals surface area contributed by atoms with Gasteiger partial charge in [-0.05, 0) is 70.5 Å². The van der Waals surface area contributed by atoms with Crippen LogP contribution in [0.5, 0.6) is 11.5 Å². The third-order valence-electron chi connectivity index (χ3n) is 6.82. The number of amides is 3. The van der Waals surface area contributed by atoms with Crippen molar-refractivity contribution in [2.24, 2.45) is 4.99 Å². The molecule has 3 amide bonds. The second-order valence-corrected chi connectivity index (χ2v) is 12.1.